The molecular weight excluding hydrogens is 398 g/mol. The van der Waals surface area contributed by atoms with Gasteiger partial charge in [-0.3, -0.25) is 4.79 Å². The molecule has 0 aromatic heterocycles. The van der Waals surface area contributed by atoms with Crippen molar-refractivity contribution in [1.29, 1.82) is 0 Å². The van der Waals surface area contributed by atoms with Crippen molar-refractivity contribution in [3.63, 3.8) is 0 Å². The van der Waals surface area contributed by atoms with Gasteiger partial charge in [-0.1, -0.05) is 19.9 Å². The molecule has 1 aromatic rings. The lowest BCUT2D eigenvalue weighted by Gasteiger charge is -2.34. The van der Waals surface area contributed by atoms with Crippen LogP contribution in [0, 0.1) is 11.8 Å². The topological polar surface area (TPSA) is 78.5 Å². The van der Waals surface area contributed by atoms with Gasteiger partial charge in [-0.2, -0.15) is 0 Å². The van der Waals surface area contributed by atoms with E-state index in [4.69, 9.17) is 0 Å². The first-order valence-electron chi connectivity index (χ1n) is 11.4. The van der Waals surface area contributed by atoms with Crippen LogP contribution in [0.5, 0.6) is 0 Å². The van der Waals surface area contributed by atoms with Crippen LogP contribution in [0.2, 0.25) is 0 Å². The minimum Gasteiger partial charge on any atom is -0.356 e. The lowest BCUT2D eigenvalue weighted by atomic mass is 9.92. The van der Waals surface area contributed by atoms with E-state index in [0.29, 0.717) is 11.4 Å². The average Bonchev–Trinajstić information content (AvgIpc) is 2.70. The number of nitrogens with zero attached hydrogens (tertiary/aromatic N) is 1. The number of rotatable bonds is 9. The fourth-order valence-corrected chi connectivity index (χ4v) is 5.93. The summed E-state index contributed by atoms with van der Waals surface area (Å²) >= 11 is 0. The third-order valence-corrected chi connectivity index (χ3v) is 7.65. The van der Waals surface area contributed by atoms with E-state index in [1.54, 1.807) is 12.1 Å². The number of aryl methyl sites for hydroxylation is 2. The summed E-state index contributed by atoms with van der Waals surface area (Å²) in [4.78, 5) is 14.8. The Kier molecular flexibility index (Phi) is 8.31. The van der Waals surface area contributed by atoms with Crippen molar-refractivity contribution in [1.82, 2.24) is 14.9 Å². The number of carbonyl (C=O) groups is 1. The molecule has 6 nitrogen and oxygen atoms in total. The number of carbonyl (C=O) groups excluding carboxylic acids is 1. The van der Waals surface area contributed by atoms with Crippen LogP contribution in [0.15, 0.2) is 23.1 Å². The second-order valence-electron chi connectivity index (χ2n) is 9.19. The molecule has 0 spiro atoms. The molecule has 1 amide bonds. The van der Waals surface area contributed by atoms with E-state index < -0.39 is 10.0 Å². The van der Waals surface area contributed by atoms with Crippen LogP contribution in [0.25, 0.3) is 0 Å². The molecule has 1 heterocycles. The molecule has 2 unspecified atom stereocenters. The van der Waals surface area contributed by atoms with Crippen LogP contribution in [0.1, 0.15) is 57.1 Å². The van der Waals surface area contributed by atoms with Gasteiger partial charge in [0.15, 0.2) is 0 Å². The van der Waals surface area contributed by atoms with E-state index in [1.165, 1.54) is 18.4 Å². The number of benzene rings is 1. The highest BCUT2D eigenvalue weighted by molar-refractivity contribution is 7.89. The van der Waals surface area contributed by atoms with E-state index >= 15 is 0 Å². The summed E-state index contributed by atoms with van der Waals surface area (Å²) in [5.41, 5.74) is 2.40. The van der Waals surface area contributed by atoms with Crippen LogP contribution in [0.4, 0.5) is 0 Å². The molecule has 0 bridgehead atoms. The fourth-order valence-electron chi connectivity index (χ4n) is 4.85. The molecule has 3 rings (SSSR count). The van der Waals surface area contributed by atoms with Crippen LogP contribution >= 0.6 is 0 Å². The van der Waals surface area contributed by atoms with Crippen molar-refractivity contribution >= 4 is 15.9 Å². The standard InChI is InChI=1S/C23H37N3O3S/c1-18-14-19(2)17-26(16-18)13-5-11-24-23(27)10-12-25-30(28,29)22-9-8-20-6-3-4-7-21(20)15-22/h8-9,15,18-19,25H,3-7,10-14,16-17H2,1-2H3,(H,24,27). The Bertz CT molecular complexity index is 815. The molecule has 1 aromatic carbocycles. The maximum atomic E-state index is 12.5. The van der Waals surface area contributed by atoms with Gasteiger partial charge < -0.3 is 10.2 Å². The zero-order valence-electron chi connectivity index (χ0n) is 18.5. The maximum absolute atomic E-state index is 12.5. The number of amides is 1. The molecule has 2 aliphatic rings. The van der Waals surface area contributed by atoms with Gasteiger partial charge >= 0.3 is 0 Å². The minimum atomic E-state index is -3.58. The van der Waals surface area contributed by atoms with Crippen LogP contribution in [-0.2, 0) is 27.7 Å². The van der Waals surface area contributed by atoms with Gasteiger partial charge in [-0.25, -0.2) is 13.1 Å². The van der Waals surface area contributed by atoms with Crippen LogP contribution in [-0.4, -0.2) is 51.9 Å². The summed E-state index contributed by atoms with van der Waals surface area (Å²) < 4.78 is 27.6. The van der Waals surface area contributed by atoms with Crippen molar-refractivity contribution in [2.45, 2.75) is 63.7 Å². The third kappa shape index (κ3) is 6.79. The minimum absolute atomic E-state index is 0.108. The molecule has 1 aliphatic heterocycles. The number of hydrogen-bond acceptors (Lipinski definition) is 4. The third-order valence-electron chi connectivity index (χ3n) is 6.19. The van der Waals surface area contributed by atoms with E-state index in [9.17, 15) is 13.2 Å². The lowest BCUT2D eigenvalue weighted by molar-refractivity contribution is -0.120. The molecule has 1 aliphatic carbocycles. The summed E-state index contributed by atoms with van der Waals surface area (Å²) in [6, 6.07) is 5.40. The summed E-state index contributed by atoms with van der Waals surface area (Å²) in [6.07, 6.45) is 6.63. The Morgan fingerprint density at radius 3 is 2.50 bits per heavy atom. The molecule has 0 saturated carbocycles. The van der Waals surface area contributed by atoms with Crippen molar-refractivity contribution < 1.29 is 13.2 Å². The maximum Gasteiger partial charge on any atom is 0.240 e. The van der Waals surface area contributed by atoms with E-state index in [0.717, 1.165) is 62.7 Å². The number of nitrogens with one attached hydrogen (secondary N) is 2. The van der Waals surface area contributed by atoms with E-state index in [2.05, 4.69) is 28.8 Å². The second-order valence-corrected chi connectivity index (χ2v) is 11.0. The van der Waals surface area contributed by atoms with Crippen LogP contribution < -0.4 is 10.0 Å². The van der Waals surface area contributed by atoms with Gasteiger partial charge in [-0.05, 0) is 80.2 Å². The molecule has 7 heteroatoms. The number of fused-ring (bicyclic) bond motifs is 1. The smallest absolute Gasteiger partial charge is 0.240 e. The molecule has 168 valence electrons. The van der Waals surface area contributed by atoms with Gasteiger partial charge in [-0.15, -0.1) is 0 Å². The number of hydrogen-bond donors (Lipinski definition) is 2. The van der Waals surface area contributed by atoms with E-state index in [-0.39, 0.29) is 18.9 Å². The molecule has 30 heavy (non-hydrogen) atoms. The summed E-state index contributed by atoms with van der Waals surface area (Å²) in [5.74, 6) is 1.38. The monoisotopic (exact) mass is 435 g/mol. The predicted octanol–water partition coefficient (Wildman–Crippen LogP) is 2.72. The van der Waals surface area contributed by atoms with Gasteiger partial charge in [0.1, 0.15) is 0 Å². The number of likely N-dealkylation sites (tertiary alicyclic amines) is 1. The van der Waals surface area contributed by atoms with Gasteiger partial charge in [0.25, 0.3) is 0 Å². The Morgan fingerprint density at radius 2 is 1.77 bits per heavy atom. The van der Waals surface area contributed by atoms with Crippen molar-refractivity contribution in [3.05, 3.63) is 29.3 Å². The molecule has 0 radical (unpaired) electrons. The first-order valence-corrected chi connectivity index (χ1v) is 12.9. The highest BCUT2D eigenvalue weighted by Gasteiger charge is 2.21. The van der Waals surface area contributed by atoms with Crippen molar-refractivity contribution in [2.75, 3.05) is 32.7 Å². The number of sulfonamides is 1. The van der Waals surface area contributed by atoms with Crippen molar-refractivity contribution in [2.24, 2.45) is 11.8 Å². The molecular formula is C23H37N3O3S. The Balaban J connectivity index is 1.35. The lowest BCUT2D eigenvalue weighted by Crippen LogP contribution is -2.40. The summed E-state index contributed by atoms with van der Waals surface area (Å²) in [5, 5.41) is 2.91. The molecule has 1 saturated heterocycles. The second kappa shape index (κ2) is 10.7. The number of piperidine rings is 1. The first-order chi connectivity index (χ1) is 14.3. The highest BCUT2D eigenvalue weighted by Crippen LogP contribution is 2.24. The van der Waals surface area contributed by atoms with Gasteiger partial charge in [0, 0.05) is 32.6 Å². The van der Waals surface area contributed by atoms with E-state index in [1.807, 2.05) is 6.07 Å². The molecule has 2 atom stereocenters. The molecule has 1 fully saturated rings. The summed E-state index contributed by atoms with van der Waals surface area (Å²) in [7, 11) is -3.58. The van der Waals surface area contributed by atoms with Crippen molar-refractivity contribution in [3.8, 4) is 0 Å². The summed E-state index contributed by atoms with van der Waals surface area (Å²) in [6.45, 7) is 8.64. The largest absolute Gasteiger partial charge is 0.356 e. The molecule has 2 N–H and O–H groups in total. The van der Waals surface area contributed by atoms with Gasteiger partial charge in [0.2, 0.25) is 15.9 Å². The zero-order chi connectivity index (χ0) is 21.6. The first kappa shape index (κ1) is 23.2. The zero-order valence-corrected chi connectivity index (χ0v) is 19.3. The average molecular weight is 436 g/mol. The SMILES string of the molecule is CC1CC(C)CN(CCCNC(=O)CCNS(=O)(=O)c2ccc3c(c2)CCCC3)C1. The van der Waals surface area contributed by atoms with Crippen LogP contribution in [0.3, 0.4) is 0 Å². The Hall–Kier alpha value is -1.44. The quantitative estimate of drug-likeness (QED) is 0.585. The highest BCUT2D eigenvalue weighted by atomic mass is 32.2. The Morgan fingerprint density at radius 1 is 1.07 bits per heavy atom. The Labute approximate surface area is 181 Å². The van der Waals surface area contributed by atoms with Gasteiger partial charge in [0.05, 0.1) is 4.90 Å². The predicted molar refractivity (Wildman–Crippen MR) is 120 cm³/mol. The fraction of sp³-hybridized carbons (Fsp3) is 0.696. The normalized spacial score (nSPS) is 22.5.